The van der Waals surface area contributed by atoms with Gasteiger partial charge in [0.1, 0.15) is 12.2 Å². The Balaban J connectivity index is 2.04. The van der Waals surface area contributed by atoms with Crippen LogP contribution in [0.2, 0.25) is 0 Å². The molecule has 0 saturated carbocycles. The predicted octanol–water partition coefficient (Wildman–Crippen LogP) is 1.08. The number of phenols is 2. The molecule has 3 aliphatic rings. The van der Waals surface area contributed by atoms with Gasteiger partial charge in [0.15, 0.2) is 17.3 Å². The van der Waals surface area contributed by atoms with Crippen molar-refractivity contribution in [1.82, 2.24) is 0 Å². The first kappa shape index (κ1) is 13.0. The average molecular weight is 300 g/mol. The SMILES string of the molecule is O=C1C=CC2=C3c4cc(O)c(O)cc4C[C@@]3(O)COC2=C1O. The number of allylic oxidation sites excluding steroid dienone is 2. The summed E-state index contributed by atoms with van der Waals surface area (Å²) in [5.41, 5.74) is 0.797. The minimum Gasteiger partial charge on any atom is -0.504 e. The second-order valence-corrected chi connectivity index (χ2v) is 5.66. The molecular weight excluding hydrogens is 288 g/mol. The van der Waals surface area contributed by atoms with Crippen molar-refractivity contribution >= 4 is 11.4 Å². The van der Waals surface area contributed by atoms with Crippen molar-refractivity contribution in [3.05, 3.63) is 52.5 Å². The van der Waals surface area contributed by atoms with Gasteiger partial charge >= 0.3 is 0 Å². The van der Waals surface area contributed by atoms with Crippen LogP contribution in [0.15, 0.2) is 41.4 Å². The minimum absolute atomic E-state index is 0.0348. The summed E-state index contributed by atoms with van der Waals surface area (Å²) in [4.78, 5) is 11.5. The van der Waals surface area contributed by atoms with Crippen molar-refractivity contribution < 1.29 is 30.0 Å². The fraction of sp³-hybridized carbons (Fsp3) is 0.188. The van der Waals surface area contributed by atoms with Crippen molar-refractivity contribution in [2.24, 2.45) is 0 Å². The van der Waals surface area contributed by atoms with E-state index in [1.165, 1.54) is 24.3 Å². The molecule has 0 bridgehead atoms. The summed E-state index contributed by atoms with van der Waals surface area (Å²) in [5, 5.41) is 40.1. The summed E-state index contributed by atoms with van der Waals surface area (Å²) >= 11 is 0. The normalized spacial score (nSPS) is 25.8. The van der Waals surface area contributed by atoms with E-state index in [9.17, 15) is 25.2 Å². The zero-order valence-corrected chi connectivity index (χ0v) is 11.3. The Morgan fingerprint density at radius 1 is 1.09 bits per heavy atom. The summed E-state index contributed by atoms with van der Waals surface area (Å²) in [6.07, 6.45) is 2.90. The Kier molecular flexibility index (Phi) is 2.31. The van der Waals surface area contributed by atoms with Gasteiger partial charge in [0.2, 0.25) is 11.5 Å². The first-order chi connectivity index (χ1) is 10.4. The molecule has 1 aromatic rings. The van der Waals surface area contributed by atoms with Crippen LogP contribution in [0.5, 0.6) is 11.5 Å². The molecule has 0 radical (unpaired) electrons. The van der Waals surface area contributed by atoms with Gasteiger partial charge in [-0.1, -0.05) is 0 Å². The highest BCUT2D eigenvalue weighted by Crippen LogP contribution is 2.50. The van der Waals surface area contributed by atoms with Gasteiger partial charge in [0.05, 0.1) is 0 Å². The molecule has 22 heavy (non-hydrogen) atoms. The summed E-state index contributed by atoms with van der Waals surface area (Å²) in [6.45, 7) is -0.122. The summed E-state index contributed by atoms with van der Waals surface area (Å²) in [7, 11) is 0. The molecule has 2 aliphatic carbocycles. The third-order valence-corrected chi connectivity index (χ3v) is 4.24. The van der Waals surface area contributed by atoms with E-state index >= 15 is 0 Å². The van der Waals surface area contributed by atoms with Crippen LogP contribution in [-0.2, 0) is 16.0 Å². The van der Waals surface area contributed by atoms with Crippen molar-refractivity contribution in [3.63, 3.8) is 0 Å². The van der Waals surface area contributed by atoms with Gasteiger partial charge in [0, 0.05) is 17.6 Å². The number of ether oxygens (including phenoxy) is 1. The average Bonchev–Trinajstić information content (AvgIpc) is 2.75. The summed E-state index contributed by atoms with van der Waals surface area (Å²) in [6, 6.07) is 2.77. The van der Waals surface area contributed by atoms with Crippen LogP contribution in [0, 0.1) is 0 Å². The molecule has 6 heteroatoms. The van der Waals surface area contributed by atoms with Crippen molar-refractivity contribution in [3.8, 4) is 11.5 Å². The molecule has 0 spiro atoms. The Morgan fingerprint density at radius 3 is 2.59 bits per heavy atom. The fourth-order valence-corrected chi connectivity index (χ4v) is 3.26. The lowest BCUT2D eigenvalue weighted by atomic mass is 9.85. The van der Waals surface area contributed by atoms with E-state index in [1.54, 1.807) is 0 Å². The molecule has 0 amide bonds. The van der Waals surface area contributed by atoms with Crippen molar-refractivity contribution in [1.29, 1.82) is 0 Å². The lowest BCUT2D eigenvalue weighted by Gasteiger charge is -2.33. The number of ketones is 1. The number of aliphatic hydroxyl groups is 2. The standard InChI is InChI=1S/C16H12O6/c17-10-2-1-8-13-9-4-12(19)11(18)3-7(9)5-16(13,21)6-22-15(8)14(10)20/h1-4,18-21H,5-6H2/t16-/m1/s1. The molecule has 1 atom stereocenters. The number of rotatable bonds is 0. The molecule has 0 unspecified atom stereocenters. The van der Waals surface area contributed by atoms with Crippen LogP contribution in [0.25, 0.3) is 5.57 Å². The summed E-state index contributed by atoms with van der Waals surface area (Å²) < 4.78 is 5.40. The maximum Gasteiger partial charge on any atom is 0.224 e. The second-order valence-electron chi connectivity index (χ2n) is 5.66. The highest BCUT2D eigenvalue weighted by atomic mass is 16.5. The van der Waals surface area contributed by atoms with Gasteiger partial charge in [0.25, 0.3) is 0 Å². The third-order valence-electron chi connectivity index (χ3n) is 4.24. The highest BCUT2D eigenvalue weighted by Gasteiger charge is 2.47. The highest BCUT2D eigenvalue weighted by molar-refractivity contribution is 6.06. The Hall–Kier alpha value is -2.73. The molecule has 1 heterocycles. The number of carbonyl (C=O) groups is 1. The van der Waals surface area contributed by atoms with E-state index in [2.05, 4.69) is 0 Å². The van der Waals surface area contributed by atoms with Gasteiger partial charge in [-0.3, -0.25) is 4.79 Å². The van der Waals surface area contributed by atoms with E-state index in [-0.39, 0.29) is 30.3 Å². The fourth-order valence-electron chi connectivity index (χ4n) is 3.26. The molecule has 0 saturated heterocycles. The topological polar surface area (TPSA) is 107 Å². The zero-order valence-electron chi connectivity index (χ0n) is 11.3. The van der Waals surface area contributed by atoms with Crippen LogP contribution in [0.4, 0.5) is 0 Å². The van der Waals surface area contributed by atoms with Gasteiger partial charge in [-0.25, -0.2) is 0 Å². The van der Waals surface area contributed by atoms with Crippen molar-refractivity contribution in [2.75, 3.05) is 6.61 Å². The number of aliphatic hydroxyl groups excluding tert-OH is 1. The van der Waals surface area contributed by atoms with Gasteiger partial charge < -0.3 is 25.2 Å². The number of carbonyl (C=O) groups excluding carboxylic acids is 1. The predicted molar refractivity (Wildman–Crippen MR) is 75.1 cm³/mol. The first-order valence-electron chi connectivity index (χ1n) is 6.72. The smallest absolute Gasteiger partial charge is 0.224 e. The molecule has 1 aromatic carbocycles. The quantitative estimate of drug-likeness (QED) is 0.534. The number of benzene rings is 1. The van der Waals surface area contributed by atoms with Crippen LogP contribution >= 0.6 is 0 Å². The number of fused-ring (bicyclic) bond motifs is 4. The molecule has 0 aromatic heterocycles. The number of phenolic OH excluding ortho intramolecular Hbond substituents is 2. The Bertz CT molecular complexity index is 829. The lowest BCUT2D eigenvalue weighted by molar-refractivity contribution is -0.114. The second kappa shape index (κ2) is 3.92. The molecule has 0 fully saturated rings. The number of hydrogen-bond acceptors (Lipinski definition) is 6. The summed E-state index contributed by atoms with van der Waals surface area (Å²) in [5.74, 6) is -1.58. The van der Waals surface area contributed by atoms with E-state index in [4.69, 9.17) is 4.74 Å². The van der Waals surface area contributed by atoms with E-state index in [0.29, 0.717) is 22.3 Å². The van der Waals surface area contributed by atoms with Crippen molar-refractivity contribution in [2.45, 2.75) is 12.0 Å². The molecule has 112 valence electrons. The Morgan fingerprint density at radius 2 is 1.82 bits per heavy atom. The molecule has 4 N–H and O–H groups in total. The minimum atomic E-state index is -1.33. The first-order valence-corrected chi connectivity index (χ1v) is 6.72. The zero-order chi connectivity index (χ0) is 15.6. The maximum atomic E-state index is 11.5. The monoisotopic (exact) mass is 300 g/mol. The van der Waals surface area contributed by atoms with Gasteiger partial charge in [-0.15, -0.1) is 0 Å². The largest absolute Gasteiger partial charge is 0.504 e. The number of hydrogen-bond donors (Lipinski definition) is 4. The van der Waals surface area contributed by atoms with E-state index < -0.39 is 17.1 Å². The van der Waals surface area contributed by atoms with Crippen LogP contribution in [0.3, 0.4) is 0 Å². The number of aromatic hydroxyl groups is 2. The molecule has 1 aliphatic heterocycles. The molecule has 4 rings (SSSR count). The lowest BCUT2D eigenvalue weighted by Crippen LogP contribution is -2.39. The van der Waals surface area contributed by atoms with Crippen LogP contribution in [-0.4, -0.2) is 38.4 Å². The molecular formula is C16H12O6. The maximum absolute atomic E-state index is 11.5. The van der Waals surface area contributed by atoms with Gasteiger partial charge in [-0.2, -0.15) is 0 Å². The van der Waals surface area contributed by atoms with Gasteiger partial charge in [-0.05, 0) is 35.4 Å². The molecule has 6 nitrogen and oxygen atoms in total. The van der Waals surface area contributed by atoms with Crippen LogP contribution < -0.4 is 0 Å². The third kappa shape index (κ3) is 1.50. The Labute approximate surface area is 124 Å². The van der Waals surface area contributed by atoms with Crippen LogP contribution in [0.1, 0.15) is 11.1 Å². The van der Waals surface area contributed by atoms with E-state index in [0.717, 1.165) is 0 Å². The van der Waals surface area contributed by atoms with E-state index in [1.807, 2.05) is 0 Å².